The highest BCUT2D eigenvalue weighted by atomic mass is 19.1. The molecule has 0 bridgehead atoms. The first-order valence-corrected chi connectivity index (χ1v) is 8.05. The maximum atomic E-state index is 12.9. The van der Waals surface area contributed by atoms with Gasteiger partial charge >= 0.3 is 0 Å². The molecule has 1 fully saturated rings. The van der Waals surface area contributed by atoms with Crippen LogP contribution in [0.3, 0.4) is 0 Å². The van der Waals surface area contributed by atoms with Gasteiger partial charge in [-0.3, -0.25) is 4.79 Å². The summed E-state index contributed by atoms with van der Waals surface area (Å²) in [5, 5.41) is 3.30. The van der Waals surface area contributed by atoms with Crippen molar-refractivity contribution in [1.82, 2.24) is 10.2 Å². The summed E-state index contributed by atoms with van der Waals surface area (Å²) in [6.07, 6.45) is 0.559. The lowest BCUT2D eigenvalue weighted by Crippen LogP contribution is -2.49. The number of benzene rings is 1. The fourth-order valence-electron chi connectivity index (χ4n) is 2.61. The molecule has 0 spiro atoms. The predicted molar refractivity (Wildman–Crippen MR) is 87.5 cm³/mol. The van der Waals surface area contributed by atoms with Crippen LogP contribution in [0.5, 0.6) is 0 Å². The van der Waals surface area contributed by atoms with Crippen molar-refractivity contribution >= 4 is 11.6 Å². The van der Waals surface area contributed by atoms with Gasteiger partial charge in [0.05, 0.1) is 0 Å². The molecule has 0 saturated carbocycles. The van der Waals surface area contributed by atoms with Crippen molar-refractivity contribution in [3.8, 4) is 0 Å². The quantitative estimate of drug-likeness (QED) is 0.818. The van der Waals surface area contributed by atoms with Gasteiger partial charge in [0.2, 0.25) is 5.91 Å². The zero-order chi connectivity index (χ0) is 15.9. The molecule has 0 atom stereocenters. The van der Waals surface area contributed by atoms with E-state index < -0.39 is 0 Å². The van der Waals surface area contributed by atoms with Crippen molar-refractivity contribution in [2.45, 2.75) is 20.3 Å². The summed E-state index contributed by atoms with van der Waals surface area (Å²) in [4.78, 5) is 16.3. The third-order valence-corrected chi connectivity index (χ3v) is 3.89. The van der Waals surface area contributed by atoms with Crippen molar-refractivity contribution in [2.24, 2.45) is 5.92 Å². The number of rotatable bonds is 6. The van der Waals surface area contributed by atoms with Crippen molar-refractivity contribution in [3.63, 3.8) is 0 Å². The first-order valence-electron chi connectivity index (χ1n) is 8.05. The number of hydrogen-bond donors (Lipinski definition) is 1. The zero-order valence-electron chi connectivity index (χ0n) is 13.5. The normalized spacial score (nSPS) is 15.5. The summed E-state index contributed by atoms with van der Waals surface area (Å²) in [5.74, 6) is 0.607. The van der Waals surface area contributed by atoms with E-state index in [9.17, 15) is 9.18 Å². The van der Waals surface area contributed by atoms with Gasteiger partial charge in [-0.25, -0.2) is 4.39 Å². The summed E-state index contributed by atoms with van der Waals surface area (Å²) in [6.45, 7) is 9.09. The number of nitrogens with one attached hydrogen (secondary N) is 1. The van der Waals surface area contributed by atoms with Crippen LogP contribution in [0.1, 0.15) is 20.3 Å². The molecule has 0 aromatic heterocycles. The lowest BCUT2D eigenvalue weighted by atomic mass is 10.2. The fourth-order valence-corrected chi connectivity index (χ4v) is 2.61. The van der Waals surface area contributed by atoms with E-state index in [1.165, 1.54) is 12.1 Å². The summed E-state index contributed by atoms with van der Waals surface area (Å²) in [5.41, 5.74) is 1.02. The minimum Gasteiger partial charge on any atom is -0.368 e. The third kappa shape index (κ3) is 4.98. The van der Waals surface area contributed by atoms with Gasteiger partial charge < -0.3 is 15.1 Å². The smallest absolute Gasteiger partial charge is 0.223 e. The minimum absolute atomic E-state index is 0.216. The molecule has 1 saturated heterocycles. The van der Waals surface area contributed by atoms with Crippen LogP contribution in [0.15, 0.2) is 24.3 Å². The standard InChI is InChI=1S/C17H26FN3O/c1-14(2)13-19-8-7-17(22)21-11-9-20(10-12-21)16-5-3-15(18)4-6-16/h3-6,14,19H,7-13H2,1-2H3. The number of amides is 1. The van der Waals surface area contributed by atoms with E-state index in [0.717, 1.165) is 45.0 Å². The van der Waals surface area contributed by atoms with E-state index in [4.69, 9.17) is 0 Å². The minimum atomic E-state index is -0.216. The number of nitrogens with zero attached hydrogens (tertiary/aromatic N) is 2. The lowest BCUT2D eigenvalue weighted by Gasteiger charge is -2.36. The number of halogens is 1. The highest BCUT2D eigenvalue weighted by Gasteiger charge is 2.20. The molecular formula is C17H26FN3O. The summed E-state index contributed by atoms with van der Waals surface area (Å²) < 4.78 is 12.9. The van der Waals surface area contributed by atoms with Gasteiger partial charge in [0.25, 0.3) is 0 Å². The van der Waals surface area contributed by atoms with Gasteiger partial charge in [-0.15, -0.1) is 0 Å². The van der Waals surface area contributed by atoms with E-state index in [1.54, 1.807) is 12.1 Å². The topological polar surface area (TPSA) is 35.6 Å². The second kappa shape index (κ2) is 8.13. The Morgan fingerprint density at radius 1 is 1.18 bits per heavy atom. The van der Waals surface area contributed by atoms with Crippen LogP contribution in [0.2, 0.25) is 0 Å². The van der Waals surface area contributed by atoms with Crippen molar-refractivity contribution < 1.29 is 9.18 Å². The van der Waals surface area contributed by atoms with E-state index in [2.05, 4.69) is 24.1 Å². The summed E-state index contributed by atoms with van der Waals surface area (Å²) >= 11 is 0. The van der Waals surface area contributed by atoms with Crippen LogP contribution >= 0.6 is 0 Å². The van der Waals surface area contributed by atoms with Crippen LogP contribution in [-0.4, -0.2) is 50.1 Å². The van der Waals surface area contributed by atoms with Crippen LogP contribution in [0, 0.1) is 11.7 Å². The Balaban J connectivity index is 1.72. The molecule has 4 nitrogen and oxygen atoms in total. The first-order chi connectivity index (χ1) is 10.6. The third-order valence-electron chi connectivity index (χ3n) is 3.89. The van der Waals surface area contributed by atoms with Gasteiger partial charge in [-0.2, -0.15) is 0 Å². The molecule has 5 heteroatoms. The molecule has 0 aliphatic carbocycles. The van der Waals surface area contributed by atoms with Crippen LogP contribution < -0.4 is 10.2 Å². The first kappa shape index (κ1) is 16.7. The maximum Gasteiger partial charge on any atom is 0.223 e. The van der Waals surface area contributed by atoms with Crippen LogP contribution in [0.4, 0.5) is 10.1 Å². The molecule has 1 heterocycles. The number of piperazine rings is 1. The average molecular weight is 307 g/mol. The Kier molecular flexibility index (Phi) is 6.19. The van der Waals surface area contributed by atoms with E-state index >= 15 is 0 Å². The molecule has 1 aliphatic rings. The van der Waals surface area contributed by atoms with Crippen LogP contribution in [0.25, 0.3) is 0 Å². The predicted octanol–water partition coefficient (Wildman–Crippen LogP) is 2.11. The summed E-state index contributed by atoms with van der Waals surface area (Å²) in [6, 6.07) is 6.55. The zero-order valence-corrected chi connectivity index (χ0v) is 13.5. The molecule has 1 N–H and O–H groups in total. The molecule has 1 amide bonds. The molecule has 0 radical (unpaired) electrons. The molecule has 22 heavy (non-hydrogen) atoms. The van der Waals surface area contributed by atoms with E-state index in [0.29, 0.717) is 12.3 Å². The van der Waals surface area contributed by atoms with Crippen molar-refractivity contribution in [3.05, 3.63) is 30.1 Å². The molecule has 1 aromatic carbocycles. The number of anilines is 1. The Morgan fingerprint density at radius 3 is 2.41 bits per heavy atom. The molecular weight excluding hydrogens is 281 g/mol. The maximum absolute atomic E-state index is 12.9. The van der Waals surface area contributed by atoms with E-state index in [1.807, 2.05) is 4.90 Å². The molecule has 0 unspecified atom stereocenters. The SMILES string of the molecule is CC(C)CNCCC(=O)N1CCN(c2ccc(F)cc2)CC1. The number of carbonyl (C=O) groups excluding carboxylic acids is 1. The molecule has 1 aliphatic heterocycles. The average Bonchev–Trinajstić information content (AvgIpc) is 2.52. The van der Waals surface area contributed by atoms with Crippen molar-refractivity contribution in [2.75, 3.05) is 44.2 Å². The number of hydrogen-bond acceptors (Lipinski definition) is 3. The fraction of sp³-hybridized carbons (Fsp3) is 0.588. The molecule has 122 valence electrons. The van der Waals surface area contributed by atoms with Gasteiger partial charge in [0, 0.05) is 44.8 Å². The highest BCUT2D eigenvalue weighted by molar-refractivity contribution is 5.76. The van der Waals surface area contributed by atoms with Gasteiger partial charge in [-0.1, -0.05) is 13.8 Å². The van der Waals surface area contributed by atoms with Gasteiger partial charge in [0.15, 0.2) is 0 Å². The van der Waals surface area contributed by atoms with E-state index in [-0.39, 0.29) is 11.7 Å². The molecule has 2 rings (SSSR count). The molecule has 1 aromatic rings. The second-order valence-electron chi connectivity index (χ2n) is 6.19. The van der Waals surface area contributed by atoms with Gasteiger partial charge in [0.1, 0.15) is 5.82 Å². The number of carbonyl (C=O) groups is 1. The lowest BCUT2D eigenvalue weighted by molar-refractivity contribution is -0.131. The second-order valence-corrected chi connectivity index (χ2v) is 6.19. The Labute approximate surface area is 132 Å². The Bertz CT molecular complexity index is 467. The Hall–Kier alpha value is -1.62. The highest BCUT2D eigenvalue weighted by Crippen LogP contribution is 2.17. The van der Waals surface area contributed by atoms with Gasteiger partial charge in [-0.05, 0) is 36.7 Å². The van der Waals surface area contributed by atoms with Crippen LogP contribution in [-0.2, 0) is 4.79 Å². The Morgan fingerprint density at radius 2 is 1.82 bits per heavy atom. The van der Waals surface area contributed by atoms with Crippen molar-refractivity contribution in [1.29, 1.82) is 0 Å². The monoisotopic (exact) mass is 307 g/mol. The summed E-state index contributed by atoms with van der Waals surface area (Å²) in [7, 11) is 0. The largest absolute Gasteiger partial charge is 0.368 e.